The summed E-state index contributed by atoms with van der Waals surface area (Å²) in [4.78, 5) is 11.8. The zero-order valence-electron chi connectivity index (χ0n) is 13.9. The molecule has 6 heteroatoms. The van der Waals surface area contributed by atoms with Crippen LogP contribution in [-0.2, 0) is 0 Å². The summed E-state index contributed by atoms with van der Waals surface area (Å²) in [5.74, 6) is 0. The number of hydrogen-bond acceptors (Lipinski definition) is 4. The summed E-state index contributed by atoms with van der Waals surface area (Å²) in [6.07, 6.45) is 3.35. The number of aliphatic hydroxyl groups is 2. The van der Waals surface area contributed by atoms with E-state index in [-0.39, 0.29) is 30.1 Å². The van der Waals surface area contributed by atoms with Crippen molar-refractivity contribution in [2.24, 2.45) is 10.8 Å². The van der Waals surface area contributed by atoms with Crippen LogP contribution >= 0.6 is 12.8 Å². The second-order valence-electron chi connectivity index (χ2n) is 7.21. The normalized spacial score (nSPS) is 12.3. The number of nitrogens with zero attached hydrogens (tertiary/aromatic N) is 1. The van der Waals surface area contributed by atoms with E-state index in [0.29, 0.717) is 13.1 Å². The molecule has 0 saturated heterocycles. The molecule has 0 spiro atoms. The summed E-state index contributed by atoms with van der Waals surface area (Å²) in [6.45, 7) is 9.44. The number of thiol groups is 1. The van der Waals surface area contributed by atoms with Gasteiger partial charge in [0.25, 0.3) is 0 Å². The smallest absolute Gasteiger partial charge is 0.327 e. The predicted molar refractivity (Wildman–Crippen MR) is 89.3 cm³/mol. The van der Waals surface area contributed by atoms with Crippen LogP contribution in [0.25, 0.3) is 0 Å². The van der Waals surface area contributed by atoms with Crippen molar-refractivity contribution in [1.82, 2.24) is 9.62 Å². The lowest BCUT2D eigenvalue weighted by Crippen LogP contribution is -2.36. The Morgan fingerprint density at radius 1 is 1.05 bits per heavy atom. The van der Waals surface area contributed by atoms with Crippen LogP contribution in [0.2, 0.25) is 0 Å². The first-order valence-electron chi connectivity index (χ1n) is 7.59. The molecule has 0 atom stereocenters. The summed E-state index contributed by atoms with van der Waals surface area (Å²) < 4.78 is 1.38. The Morgan fingerprint density at radius 3 is 2.00 bits per heavy atom. The van der Waals surface area contributed by atoms with Crippen molar-refractivity contribution >= 4 is 18.8 Å². The third kappa shape index (κ3) is 9.98. The number of urea groups is 1. The van der Waals surface area contributed by atoms with Gasteiger partial charge in [0, 0.05) is 26.3 Å². The highest BCUT2D eigenvalue weighted by molar-refractivity contribution is 7.78. The molecule has 0 aliphatic rings. The zero-order valence-corrected chi connectivity index (χ0v) is 14.7. The molecule has 5 nitrogen and oxygen atoms in total. The molecule has 0 rings (SSSR count). The average Bonchev–Trinajstić information content (AvgIpc) is 2.43. The number of nitrogens with one attached hydrogen (secondary N) is 1. The standard InChI is InChI=1S/C15H32N2O3S/c1-14(2,11-18)7-5-9-16-13(20)17(21)10-6-8-15(3,4)12-19/h18-19,21H,5-12H2,1-4H3,(H,16,20). The van der Waals surface area contributed by atoms with Crippen molar-refractivity contribution in [3.8, 4) is 0 Å². The SMILES string of the molecule is CC(C)(CO)CCCNC(=O)N(S)CCCC(C)(C)CO. The molecule has 0 aliphatic heterocycles. The third-order valence-corrected chi connectivity index (χ3v) is 4.00. The van der Waals surface area contributed by atoms with Crippen molar-refractivity contribution in [1.29, 1.82) is 0 Å². The molecule has 2 amide bonds. The molecule has 0 heterocycles. The Labute approximate surface area is 134 Å². The number of hydrogen-bond donors (Lipinski definition) is 4. The van der Waals surface area contributed by atoms with E-state index in [0.717, 1.165) is 25.7 Å². The molecule has 21 heavy (non-hydrogen) atoms. The summed E-state index contributed by atoms with van der Waals surface area (Å²) in [6, 6.07) is -0.193. The average molecular weight is 320 g/mol. The van der Waals surface area contributed by atoms with Gasteiger partial charge in [-0.2, -0.15) is 0 Å². The Morgan fingerprint density at radius 2 is 1.52 bits per heavy atom. The summed E-state index contributed by atoms with van der Waals surface area (Å²) >= 11 is 4.18. The van der Waals surface area contributed by atoms with Crippen LogP contribution in [0.3, 0.4) is 0 Å². The monoisotopic (exact) mass is 320 g/mol. The van der Waals surface area contributed by atoms with E-state index >= 15 is 0 Å². The highest BCUT2D eigenvalue weighted by atomic mass is 32.1. The number of carbonyl (C=O) groups is 1. The Hall–Kier alpha value is -0.460. The fraction of sp³-hybridized carbons (Fsp3) is 0.933. The van der Waals surface area contributed by atoms with E-state index in [4.69, 9.17) is 10.2 Å². The number of aliphatic hydroxyl groups excluding tert-OH is 2. The predicted octanol–water partition coefficient (Wildman–Crippen LogP) is 2.44. The largest absolute Gasteiger partial charge is 0.396 e. The molecule has 0 bridgehead atoms. The van der Waals surface area contributed by atoms with Gasteiger partial charge in [0.05, 0.1) is 0 Å². The van der Waals surface area contributed by atoms with Gasteiger partial charge in [-0.15, -0.1) is 0 Å². The van der Waals surface area contributed by atoms with Crippen molar-refractivity contribution in [2.45, 2.75) is 53.4 Å². The van der Waals surface area contributed by atoms with Crippen LogP contribution < -0.4 is 5.32 Å². The molecular weight excluding hydrogens is 288 g/mol. The van der Waals surface area contributed by atoms with E-state index in [1.165, 1.54) is 4.31 Å². The van der Waals surface area contributed by atoms with Gasteiger partial charge in [-0.3, -0.25) is 4.31 Å². The highest BCUT2D eigenvalue weighted by Gasteiger charge is 2.18. The molecule has 3 N–H and O–H groups in total. The summed E-state index contributed by atoms with van der Waals surface area (Å²) in [5, 5.41) is 21.1. The van der Waals surface area contributed by atoms with E-state index in [1.54, 1.807) is 0 Å². The molecule has 0 aromatic carbocycles. The van der Waals surface area contributed by atoms with Gasteiger partial charge in [-0.1, -0.05) is 40.5 Å². The zero-order chi connectivity index (χ0) is 16.5. The molecule has 0 radical (unpaired) electrons. The summed E-state index contributed by atoms with van der Waals surface area (Å²) in [7, 11) is 0. The first kappa shape index (κ1) is 20.5. The van der Waals surface area contributed by atoms with Crippen molar-refractivity contribution < 1.29 is 15.0 Å². The fourth-order valence-corrected chi connectivity index (χ4v) is 2.03. The van der Waals surface area contributed by atoms with Gasteiger partial charge in [-0.25, -0.2) is 4.79 Å². The molecule has 0 unspecified atom stereocenters. The molecule has 0 aromatic rings. The van der Waals surface area contributed by atoms with Crippen LogP contribution in [-0.4, -0.2) is 46.9 Å². The van der Waals surface area contributed by atoms with E-state index < -0.39 is 0 Å². The number of carbonyl (C=O) groups excluding carboxylic acids is 1. The van der Waals surface area contributed by atoms with Crippen LogP contribution in [0.15, 0.2) is 0 Å². The Bertz CT molecular complexity index is 309. The highest BCUT2D eigenvalue weighted by Crippen LogP contribution is 2.22. The maximum atomic E-state index is 11.8. The molecule has 0 fully saturated rings. The minimum Gasteiger partial charge on any atom is -0.396 e. The van der Waals surface area contributed by atoms with Gasteiger partial charge in [0.15, 0.2) is 0 Å². The van der Waals surface area contributed by atoms with E-state index in [1.807, 2.05) is 27.7 Å². The maximum Gasteiger partial charge on any atom is 0.327 e. The van der Waals surface area contributed by atoms with Crippen LogP contribution in [0.1, 0.15) is 53.4 Å². The second-order valence-corrected chi connectivity index (χ2v) is 7.69. The number of amides is 2. The lowest BCUT2D eigenvalue weighted by molar-refractivity contribution is 0.145. The van der Waals surface area contributed by atoms with Gasteiger partial charge < -0.3 is 15.5 Å². The third-order valence-electron chi connectivity index (χ3n) is 3.62. The van der Waals surface area contributed by atoms with Crippen LogP contribution in [0.5, 0.6) is 0 Å². The molecular formula is C15H32N2O3S. The lowest BCUT2D eigenvalue weighted by atomic mass is 9.89. The fourth-order valence-electron chi connectivity index (χ4n) is 1.82. The maximum absolute atomic E-state index is 11.8. The van der Waals surface area contributed by atoms with Gasteiger partial charge in [-0.05, 0) is 36.5 Å². The molecule has 126 valence electrons. The first-order valence-corrected chi connectivity index (χ1v) is 7.99. The second kappa shape index (κ2) is 9.54. The van der Waals surface area contributed by atoms with Crippen LogP contribution in [0, 0.1) is 10.8 Å². The molecule has 0 saturated carbocycles. The van der Waals surface area contributed by atoms with Crippen molar-refractivity contribution in [2.75, 3.05) is 26.3 Å². The Balaban J connectivity index is 3.81. The van der Waals surface area contributed by atoms with Crippen molar-refractivity contribution in [3.63, 3.8) is 0 Å². The van der Waals surface area contributed by atoms with Crippen LogP contribution in [0.4, 0.5) is 4.79 Å². The first-order chi connectivity index (χ1) is 9.63. The number of rotatable bonds is 10. The minimum absolute atomic E-state index is 0.0960. The van der Waals surface area contributed by atoms with Gasteiger partial charge in [0.2, 0.25) is 0 Å². The van der Waals surface area contributed by atoms with E-state index in [2.05, 4.69) is 18.1 Å². The minimum atomic E-state index is -0.193. The van der Waals surface area contributed by atoms with Gasteiger partial charge in [0.1, 0.15) is 0 Å². The van der Waals surface area contributed by atoms with Crippen molar-refractivity contribution in [3.05, 3.63) is 0 Å². The molecule has 0 aliphatic carbocycles. The van der Waals surface area contributed by atoms with E-state index in [9.17, 15) is 4.79 Å². The quantitative estimate of drug-likeness (QED) is 0.369. The van der Waals surface area contributed by atoms with Gasteiger partial charge >= 0.3 is 6.03 Å². The molecule has 0 aromatic heterocycles. The Kier molecular flexibility index (Phi) is 9.33. The lowest BCUT2D eigenvalue weighted by Gasteiger charge is -2.24. The topological polar surface area (TPSA) is 72.8 Å². The summed E-state index contributed by atoms with van der Waals surface area (Å²) in [5.41, 5.74) is -0.206.